The Labute approximate surface area is 138 Å². The molecule has 0 aliphatic rings. The zero-order valence-corrected chi connectivity index (χ0v) is 13.2. The predicted octanol–water partition coefficient (Wildman–Crippen LogP) is 3.67. The first-order chi connectivity index (χ1) is 11.0. The van der Waals surface area contributed by atoms with E-state index in [1.54, 1.807) is 18.2 Å². The molecule has 2 amide bonds. The molecule has 7 heteroatoms. The van der Waals surface area contributed by atoms with E-state index in [0.29, 0.717) is 28.4 Å². The lowest BCUT2D eigenvalue weighted by Gasteiger charge is -2.13. The number of hydrogen-bond acceptors (Lipinski definition) is 3. The smallest absolute Gasteiger partial charge is 0.323 e. The molecule has 0 aromatic heterocycles. The van der Waals surface area contributed by atoms with E-state index in [9.17, 15) is 9.18 Å². The van der Waals surface area contributed by atoms with Gasteiger partial charge in [0.2, 0.25) is 0 Å². The Kier molecular flexibility index (Phi) is 5.78. The van der Waals surface area contributed by atoms with Gasteiger partial charge in [0.1, 0.15) is 11.6 Å². The molecule has 5 nitrogen and oxygen atoms in total. The highest BCUT2D eigenvalue weighted by Gasteiger charge is 2.11. The monoisotopic (exact) mass is 338 g/mol. The molecule has 3 N–H and O–H groups in total. The third-order valence-electron chi connectivity index (χ3n) is 3.09. The van der Waals surface area contributed by atoms with Gasteiger partial charge in [-0.3, -0.25) is 0 Å². The minimum absolute atomic E-state index is 0.0961. The molecule has 0 radical (unpaired) electrons. The van der Waals surface area contributed by atoms with Crippen molar-refractivity contribution in [2.75, 3.05) is 24.4 Å². The summed E-state index contributed by atoms with van der Waals surface area (Å²) in [5.41, 5.74) is 1.36. The molecule has 2 rings (SSSR count). The number of rotatable bonds is 5. The Morgan fingerprint density at radius 2 is 2.09 bits per heavy atom. The number of anilines is 2. The van der Waals surface area contributed by atoms with Crippen LogP contribution in [0.2, 0.25) is 5.02 Å². The zero-order valence-electron chi connectivity index (χ0n) is 12.4. The van der Waals surface area contributed by atoms with Crippen LogP contribution in [0.15, 0.2) is 36.4 Å². The van der Waals surface area contributed by atoms with E-state index in [1.165, 1.54) is 25.3 Å². The SMILES string of the molecule is COc1cc(F)cc(NC(=O)Nc2cccc(Cl)c2CCO)c1. The van der Waals surface area contributed by atoms with Crippen LogP contribution in [0.4, 0.5) is 20.6 Å². The largest absolute Gasteiger partial charge is 0.497 e. The van der Waals surface area contributed by atoms with Crippen LogP contribution < -0.4 is 15.4 Å². The van der Waals surface area contributed by atoms with E-state index in [1.807, 2.05) is 0 Å². The van der Waals surface area contributed by atoms with E-state index in [-0.39, 0.29) is 12.3 Å². The number of aliphatic hydroxyl groups excluding tert-OH is 1. The fourth-order valence-corrected chi connectivity index (χ4v) is 2.35. The van der Waals surface area contributed by atoms with Gasteiger partial charge in [-0.2, -0.15) is 0 Å². The van der Waals surface area contributed by atoms with Gasteiger partial charge in [0, 0.05) is 35.1 Å². The van der Waals surface area contributed by atoms with Crippen molar-refractivity contribution < 1.29 is 19.0 Å². The first-order valence-corrected chi connectivity index (χ1v) is 7.22. The number of benzene rings is 2. The second-order valence-electron chi connectivity index (χ2n) is 4.70. The Bertz CT molecular complexity index is 710. The van der Waals surface area contributed by atoms with Crippen molar-refractivity contribution in [2.45, 2.75) is 6.42 Å². The maximum Gasteiger partial charge on any atom is 0.323 e. The van der Waals surface area contributed by atoms with Crippen molar-refractivity contribution in [2.24, 2.45) is 0 Å². The van der Waals surface area contributed by atoms with E-state index in [2.05, 4.69) is 10.6 Å². The molecule has 2 aromatic rings. The third kappa shape index (κ3) is 4.58. The number of methoxy groups -OCH3 is 1. The van der Waals surface area contributed by atoms with Gasteiger partial charge in [-0.1, -0.05) is 17.7 Å². The summed E-state index contributed by atoms with van der Waals surface area (Å²) in [6.45, 7) is -0.0961. The van der Waals surface area contributed by atoms with E-state index in [4.69, 9.17) is 21.4 Å². The lowest BCUT2D eigenvalue weighted by atomic mass is 10.1. The molecule has 0 spiro atoms. The number of hydrogen-bond donors (Lipinski definition) is 3. The molecule has 0 unspecified atom stereocenters. The van der Waals surface area contributed by atoms with Crippen LogP contribution in [0.5, 0.6) is 5.75 Å². The van der Waals surface area contributed by atoms with Crippen LogP contribution in [-0.2, 0) is 6.42 Å². The maximum atomic E-state index is 13.4. The van der Waals surface area contributed by atoms with Gasteiger partial charge in [0.05, 0.1) is 7.11 Å². The minimum atomic E-state index is -0.556. The normalized spacial score (nSPS) is 10.3. The fourth-order valence-electron chi connectivity index (χ4n) is 2.08. The average Bonchev–Trinajstić information content (AvgIpc) is 2.50. The highest BCUT2D eigenvalue weighted by Crippen LogP contribution is 2.25. The van der Waals surface area contributed by atoms with Gasteiger partial charge >= 0.3 is 6.03 Å². The van der Waals surface area contributed by atoms with Gasteiger partial charge in [0.25, 0.3) is 0 Å². The van der Waals surface area contributed by atoms with Gasteiger partial charge in [0.15, 0.2) is 0 Å². The molecular formula is C16H16ClFN2O3. The Hall–Kier alpha value is -2.31. The summed E-state index contributed by atoms with van der Waals surface area (Å²) >= 11 is 6.06. The third-order valence-corrected chi connectivity index (χ3v) is 3.45. The number of urea groups is 1. The number of nitrogens with one attached hydrogen (secondary N) is 2. The quantitative estimate of drug-likeness (QED) is 0.779. The number of halogens is 2. The summed E-state index contributed by atoms with van der Waals surface area (Å²) in [5.74, 6) is -0.229. The molecule has 0 aliphatic heterocycles. The van der Waals surface area contributed by atoms with Crippen LogP contribution in [-0.4, -0.2) is 24.9 Å². The van der Waals surface area contributed by atoms with Gasteiger partial charge in [-0.25, -0.2) is 9.18 Å². The molecule has 0 atom stereocenters. The van der Waals surface area contributed by atoms with Gasteiger partial charge < -0.3 is 20.5 Å². The summed E-state index contributed by atoms with van der Waals surface area (Å²) in [4.78, 5) is 12.1. The number of carbonyl (C=O) groups excluding carboxylic acids is 1. The van der Waals surface area contributed by atoms with E-state index in [0.717, 1.165) is 0 Å². The lowest BCUT2D eigenvalue weighted by molar-refractivity contribution is 0.262. The first kappa shape index (κ1) is 17.1. The molecule has 122 valence electrons. The molecule has 0 saturated heterocycles. The summed E-state index contributed by atoms with van der Waals surface area (Å²) in [6.07, 6.45) is 0.309. The molecule has 2 aromatic carbocycles. The van der Waals surface area contributed by atoms with Crippen molar-refractivity contribution in [3.8, 4) is 5.75 Å². The molecule has 0 saturated carbocycles. The van der Waals surface area contributed by atoms with Crippen LogP contribution >= 0.6 is 11.6 Å². The zero-order chi connectivity index (χ0) is 16.8. The van der Waals surface area contributed by atoms with Gasteiger partial charge in [-0.05, 0) is 30.2 Å². The predicted molar refractivity (Wildman–Crippen MR) is 87.8 cm³/mol. The first-order valence-electron chi connectivity index (χ1n) is 6.84. The van der Waals surface area contributed by atoms with E-state index >= 15 is 0 Å². The Morgan fingerprint density at radius 1 is 1.30 bits per heavy atom. The van der Waals surface area contributed by atoms with Crippen molar-refractivity contribution in [1.82, 2.24) is 0 Å². The highest BCUT2D eigenvalue weighted by atomic mass is 35.5. The number of carbonyl (C=O) groups is 1. The topological polar surface area (TPSA) is 70.6 Å². The highest BCUT2D eigenvalue weighted by molar-refractivity contribution is 6.31. The second kappa shape index (κ2) is 7.80. The van der Waals surface area contributed by atoms with Crippen LogP contribution in [0.3, 0.4) is 0 Å². The summed E-state index contributed by atoms with van der Waals surface area (Å²) < 4.78 is 18.4. The molecule has 23 heavy (non-hydrogen) atoms. The van der Waals surface area contributed by atoms with Gasteiger partial charge in [-0.15, -0.1) is 0 Å². The fraction of sp³-hybridized carbons (Fsp3) is 0.188. The van der Waals surface area contributed by atoms with Crippen molar-refractivity contribution in [3.63, 3.8) is 0 Å². The Morgan fingerprint density at radius 3 is 2.78 bits per heavy atom. The number of ether oxygens (including phenoxy) is 1. The Balaban J connectivity index is 2.14. The lowest BCUT2D eigenvalue weighted by Crippen LogP contribution is -2.20. The van der Waals surface area contributed by atoms with Crippen molar-refractivity contribution in [3.05, 3.63) is 52.8 Å². The number of amides is 2. The van der Waals surface area contributed by atoms with Crippen LogP contribution in [0.25, 0.3) is 0 Å². The second-order valence-corrected chi connectivity index (χ2v) is 5.11. The molecule has 0 heterocycles. The molecule has 0 bridgehead atoms. The van der Waals surface area contributed by atoms with E-state index < -0.39 is 11.8 Å². The standard InChI is InChI=1S/C16H16ClFN2O3/c1-23-12-8-10(18)7-11(9-12)19-16(22)20-15-4-2-3-14(17)13(15)5-6-21/h2-4,7-9,21H,5-6H2,1H3,(H2,19,20,22). The summed E-state index contributed by atoms with van der Waals surface area (Å²) in [6, 6.07) is 8.35. The molecule has 0 fully saturated rings. The average molecular weight is 339 g/mol. The molecular weight excluding hydrogens is 323 g/mol. The molecule has 0 aliphatic carbocycles. The van der Waals surface area contributed by atoms with Crippen LogP contribution in [0, 0.1) is 5.82 Å². The van der Waals surface area contributed by atoms with Crippen molar-refractivity contribution in [1.29, 1.82) is 0 Å². The maximum absolute atomic E-state index is 13.4. The van der Waals surface area contributed by atoms with Crippen molar-refractivity contribution >= 4 is 29.0 Å². The summed E-state index contributed by atoms with van der Waals surface area (Å²) in [7, 11) is 1.41. The number of aliphatic hydroxyl groups is 1. The summed E-state index contributed by atoms with van der Waals surface area (Å²) in [5, 5.41) is 14.7. The minimum Gasteiger partial charge on any atom is -0.497 e. The van der Waals surface area contributed by atoms with Crippen LogP contribution in [0.1, 0.15) is 5.56 Å².